The summed E-state index contributed by atoms with van der Waals surface area (Å²) in [5, 5.41) is 15.1. The quantitative estimate of drug-likeness (QED) is 0.258. The second-order valence-corrected chi connectivity index (χ2v) is 10.4. The molecule has 0 saturated carbocycles. The average Bonchev–Trinajstić information content (AvgIpc) is 3.36. The standard InChI is InChI=1S/C30H33N5O4S/c1-18-7-8-20(3)24(13-18)32-28(36)17-40-30-34-33-27(16-31-29(37)22-10-9-19(2)21(4)14-22)35(30)25-15-23(38-5)11-12-26(25)39-6/h7-15H,16-17H2,1-6H3,(H,31,37)(H,32,36). The maximum absolute atomic E-state index is 12.9. The van der Waals surface area contributed by atoms with Crippen molar-refractivity contribution >= 4 is 29.3 Å². The molecule has 208 valence electrons. The van der Waals surface area contributed by atoms with Gasteiger partial charge in [0.25, 0.3) is 5.91 Å². The molecule has 0 spiro atoms. The normalized spacial score (nSPS) is 10.8. The van der Waals surface area contributed by atoms with Crippen LogP contribution in [0.3, 0.4) is 0 Å². The van der Waals surface area contributed by atoms with Gasteiger partial charge in [0.1, 0.15) is 11.5 Å². The molecule has 2 amide bonds. The van der Waals surface area contributed by atoms with Gasteiger partial charge in [0.15, 0.2) is 11.0 Å². The molecule has 0 fully saturated rings. The van der Waals surface area contributed by atoms with Crippen molar-refractivity contribution in [3.05, 3.63) is 88.2 Å². The van der Waals surface area contributed by atoms with E-state index in [0.717, 1.165) is 27.9 Å². The largest absolute Gasteiger partial charge is 0.497 e. The number of nitrogens with one attached hydrogen (secondary N) is 2. The Hall–Kier alpha value is -4.31. The van der Waals surface area contributed by atoms with Crippen molar-refractivity contribution in [2.45, 2.75) is 39.4 Å². The summed E-state index contributed by atoms with van der Waals surface area (Å²) in [5.74, 6) is 1.35. The predicted octanol–water partition coefficient (Wildman–Crippen LogP) is 5.18. The molecule has 40 heavy (non-hydrogen) atoms. The highest BCUT2D eigenvalue weighted by molar-refractivity contribution is 7.99. The maximum Gasteiger partial charge on any atom is 0.251 e. The van der Waals surface area contributed by atoms with Crippen LogP contribution >= 0.6 is 11.8 Å². The van der Waals surface area contributed by atoms with E-state index in [0.29, 0.717) is 33.7 Å². The lowest BCUT2D eigenvalue weighted by Gasteiger charge is -2.15. The molecule has 0 radical (unpaired) electrons. The molecule has 9 nitrogen and oxygen atoms in total. The van der Waals surface area contributed by atoms with Crippen LogP contribution in [0.2, 0.25) is 0 Å². The fourth-order valence-corrected chi connectivity index (χ4v) is 4.82. The second kappa shape index (κ2) is 12.7. The van der Waals surface area contributed by atoms with Gasteiger partial charge in [0, 0.05) is 17.3 Å². The summed E-state index contributed by atoms with van der Waals surface area (Å²) in [6, 6.07) is 16.9. The molecule has 1 aromatic heterocycles. The number of ether oxygens (including phenoxy) is 2. The fourth-order valence-electron chi connectivity index (χ4n) is 4.05. The Kier molecular flexibility index (Phi) is 9.11. The van der Waals surface area contributed by atoms with Gasteiger partial charge in [-0.1, -0.05) is 30.0 Å². The Labute approximate surface area is 238 Å². The smallest absolute Gasteiger partial charge is 0.251 e. The zero-order chi connectivity index (χ0) is 28.8. The van der Waals surface area contributed by atoms with E-state index >= 15 is 0 Å². The SMILES string of the molecule is COc1ccc(OC)c(-n2c(CNC(=O)c3ccc(C)c(C)c3)nnc2SCC(=O)Nc2cc(C)ccc2C)c1. The Balaban J connectivity index is 1.60. The first-order valence-corrected chi connectivity index (χ1v) is 13.7. The first-order valence-electron chi connectivity index (χ1n) is 12.7. The molecular weight excluding hydrogens is 526 g/mol. The number of hydrogen-bond acceptors (Lipinski definition) is 7. The van der Waals surface area contributed by atoms with E-state index < -0.39 is 0 Å². The summed E-state index contributed by atoms with van der Waals surface area (Å²) < 4.78 is 12.8. The van der Waals surface area contributed by atoms with E-state index in [2.05, 4.69) is 20.8 Å². The molecule has 1 heterocycles. The van der Waals surface area contributed by atoms with E-state index in [9.17, 15) is 9.59 Å². The summed E-state index contributed by atoms with van der Waals surface area (Å²) in [6.45, 7) is 8.01. The van der Waals surface area contributed by atoms with Gasteiger partial charge in [-0.05, 0) is 80.3 Å². The molecule has 4 aromatic rings. The number of carbonyl (C=O) groups excluding carboxylic acids is 2. The van der Waals surface area contributed by atoms with Crippen LogP contribution in [-0.2, 0) is 11.3 Å². The third-order valence-corrected chi connectivity index (χ3v) is 7.43. The number of thioether (sulfide) groups is 1. The maximum atomic E-state index is 12.9. The third-order valence-electron chi connectivity index (χ3n) is 6.50. The molecule has 0 aliphatic carbocycles. The summed E-state index contributed by atoms with van der Waals surface area (Å²) in [4.78, 5) is 25.8. The van der Waals surface area contributed by atoms with E-state index in [1.165, 1.54) is 11.8 Å². The van der Waals surface area contributed by atoms with Gasteiger partial charge >= 0.3 is 0 Å². The summed E-state index contributed by atoms with van der Waals surface area (Å²) in [5.41, 5.74) is 6.15. The molecule has 4 rings (SSSR count). The van der Waals surface area contributed by atoms with Crippen molar-refractivity contribution in [2.24, 2.45) is 0 Å². The van der Waals surface area contributed by atoms with Crippen molar-refractivity contribution in [1.82, 2.24) is 20.1 Å². The molecule has 2 N–H and O–H groups in total. The van der Waals surface area contributed by atoms with Crippen LogP contribution < -0.4 is 20.1 Å². The van der Waals surface area contributed by atoms with Crippen molar-refractivity contribution < 1.29 is 19.1 Å². The predicted molar refractivity (Wildman–Crippen MR) is 157 cm³/mol. The molecule has 0 atom stereocenters. The summed E-state index contributed by atoms with van der Waals surface area (Å²) >= 11 is 1.24. The minimum atomic E-state index is -0.225. The lowest BCUT2D eigenvalue weighted by Crippen LogP contribution is -2.25. The first kappa shape index (κ1) is 28.7. The third kappa shape index (κ3) is 6.63. The first-order chi connectivity index (χ1) is 19.2. The van der Waals surface area contributed by atoms with Gasteiger partial charge in [-0.3, -0.25) is 14.2 Å². The molecular formula is C30H33N5O4S. The molecule has 0 unspecified atom stereocenters. The van der Waals surface area contributed by atoms with Crippen LogP contribution in [-0.4, -0.2) is 46.6 Å². The van der Waals surface area contributed by atoms with E-state index in [1.54, 1.807) is 43.1 Å². The number of methoxy groups -OCH3 is 2. The molecule has 3 aromatic carbocycles. The fraction of sp³-hybridized carbons (Fsp3) is 0.267. The van der Waals surface area contributed by atoms with Gasteiger partial charge in [0.05, 0.1) is 32.2 Å². The number of hydrogen-bond donors (Lipinski definition) is 2. The molecule has 0 aliphatic rings. The lowest BCUT2D eigenvalue weighted by atomic mass is 10.1. The average molecular weight is 560 g/mol. The highest BCUT2D eigenvalue weighted by atomic mass is 32.2. The number of aromatic nitrogens is 3. The Morgan fingerprint density at radius 1 is 0.875 bits per heavy atom. The summed E-state index contributed by atoms with van der Waals surface area (Å²) in [7, 11) is 3.15. The number of benzene rings is 3. The van der Waals surface area contributed by atoms with Crippen molar-refractivity contribution in [1.29, 1.82) is 0 Å². The monoisotopic (exact) mass is 559 g/mol. The van der Waals surface area contributed by atoms with Crippen LogP contribution in [0.15, 0.2) is 59.8 Å². The number of nitrogens with zero attached hydrogens (tertiary/aromatic N) is 3. The van der Waals surface area contributed by atoms with Gasteiger partial charge in [-0.2, -0.15) is 0 Å². The van der Waals surface area contributed by atoms with Crippen LogP contribution in [0.25, 0.3) is 5.69 Å². The van der Waals surface area contributed by atoms with Crippen molar-refractivity contribution in [2.75, 3.05) is 25.3 Å². The zero-order valence-electron chi connectivity index (χ0n) is 23.5. The Morgan fingerprint density at radius 3 is 2.38 bits per heavy atom. The van der Waals surface area contributed by atoms with Crippen LogP contribution in [0.4, 0.5) is 5.69 Å². The highest BCUT2D eigenvalue weighted by Gasteiger charge is 2.21. The number of rotatable bonds is 10. The molecule has 0 saturated heterocycles. The topological polar surface area (TPSA) is 107 Å². The van der Waals surface area contributed by atoms with E-state index in [1.807, 2.05) is 58.0 Å². The van der Waals surface area contributed by atoms with Gasteiger partial charge in [-0.25, -0.2) is 0 Å². The van der Waals surface area contributed by atoms with Crippen molar-refractivity contribution in [3.63, 3.8) is 0 Å². The number of amides is 2. The minimum Gasteiger partial charge on any atom is -0.497 e. The Morgan fingerprint density at radius 2 is 1.65 bits per heavy atom. The minimum absolute atomic E-state index is 0.104. The molecule has 0 bridgehead atoms. The van der Waals surface area contributed by atoms with Crippen molar-refractivity contribution in [3.8, 4) is 17.2 Å². The number of carbonyl (C=O) groups is 2. The second-order valence-electron chi connectivity index (χ2n) is 9.41. The lowest BCUT2D eigenvalue weighted by molar-refractivity contribution is -0.113. The summed E-state index contributed by atoms with van der Waals surface area (Å²) in [6.07, 6.45) is 0. The van der Waals surface area contributed by atoms with Crippen LogP contribution in [0, 0.1) is 27.7 Å². The van der Waals surface area contributed by atoms with Gasteiger partial charge in [-0.15, -0.1) is 10.2 Å². The zero-order valence-corrected chi connectivity index (χ0v) is 24.3. The van der Waals surface area contributed by atoms with Gasteiger partial charge in [0.2, 0.25) is 5.91 Å². The van der Waals surface area contributed by atoms with E-state index in [-0.39, 0.29) is 24.1 Å². The number of aryl methyl sites for hydroxylation is 4. The Bertz CT molecular complexity index is 1550. The highest BCUT2D eigenvalue weighted by Crippen LogP contribution is 2.32. The van der Waals surface area contributed by atoms with Crippen LogP contribution in [0.1, 0.15) is 38.4 Å². The molecule has 0 aliphatic heterocycles. The number of anilines is 1. The van der Waals surface area contributed by atoms with Crippen LogP contribution in [0.5, 0.6) is 11.5 Å². The molecule has 10 heteroatoms. The van der Waals surface area contributed by atoms with Gasteiger partial charge < -0.3 is 20.1 Å². The van der Waals surface area contributed by atoms with E-state index in [4.69, 9.17) is 9.47 Å².